The SMILES string of the molecule is O=C(O)CCNC(=O)[C@@H]1CCCC[C@@H]1C(=O)O. The van der Waals surface area contributed by atoms with E-state index < -0.39 is 23.8 Å². The smallest absolute Gasteiger partial charge is 0.307 e. The third-order valence-corrected chi connectivity index (χ3v) is 3.06. The van der Waals surface area contributed by atoms with Gasteiger partial charge in [0.15, 0.2) is 0 Å². The van der Waals surface area contributed by atoms with Crippen LogP contribution in [0.4, 0.5) is 0 Å². The zero-order valence-electron chi connectivity index (χ0n) is 9.52. The Kier molecular flexibility index (Phi) is 4.93. The van der Waals surface area contributed by atoms with E-state index in [0.717, 1.165) is 12.8 Å². The molecular formula is C11H17NO5. The molecule has 0 radical (unpaired) electrons. The molecule has 1 aliphatic rings. The predicted octanol–water partition coefficient (Wildman–Crippen LogP) is 0.468. The first-order chi connectivity index (χ1) is 8.02. The summed E-state index contributed by atoms with van der Waals surface area (Å²) in [6, 6.07) is 0. The first-order valence-corrected chi connectivity index (χ1v) is 5.74. The minimum Gasteiger partial charge on any atom is -0.481 e. The Morgan fingerprint density at radius 3 is 2.18 bits per heavy atom. The third kappa shape index (κ3) is 4.05. The number of hydrogen-bond donors (Lipinski definition) is 3. The van der Waals surface area contributed by atoms with E-state index in [1.165, 1.54) is 0 Å². The number of aliphatic carboxylic acids is 2. The lowest BCUT2D eigenvalue weighted by molar-refractivity contribution is -0.149. The Balaban J connectivity index is 2.47. The molecule has 1 rings (SSSR count). The predicted molar refractivity (Wildman–Crippen MR) is 58.3 cm³/mol. The maximum absolute atomic E-state index is 11.7. The van der Waals surface area contributed by atoms with Crippen LogP contribution in [0.5, 0.6) is 0 Å². The average molecular weight is 243 g/mol. The topological polar surface area (TPSA) is 104 Å². The summed E-state index contributed by atoms with van der Waals surface area (Å²) in [6.45, 7) is 0.0526. The second kappa shape index (κ2) is 6.22. The maximum atomic E-state index is 11.7. The van der Waals surface area contributed by atoms with E-state index in [1.807, 2.05) is 0 Å². The van der Waals surface area contributed by atoms with Gasteiger partial charge in [-0.25, -0.2) is 0 Å². The van der Waals surface area contributed by atoms with Gasteiger partial charge in [0.05, 0.1) is 18.3 Å². The van der Waals surface area contributed by atoms with Gasteiger partial charge in [-0.2, -0.15) is 0 Å². The summed E-state index contributed by atoms with van der Waals surface area (Å²) in [5.74, 6) is -3.41. The quantitative estimate of drug-likeness (QED) is 0.651. The molecule has 0 aromatic heterocycles. The zero-order chi connectivity index (χ0) is 12.8. The lowest BCUT2D eigenvalue weighted by Gasteiger charge is -2.27. The first kappa shape index (κ1) is 13.5. The number of carbonyl (C=O) groups excluding carboxylic acids is 1. The van der Waals surface area contributed by atoms with Crippen LogP contribution in [-0.2, 0) is 14.4 Å². The number of amides is 1. The Morgan fingerprint density at radius 2 is 1.65 bits per heavy atom. The molecule has 1 fully saturated rings. The average Bonchev–Trinajstić information content (AvgIpc) is 2.28. The van der Waals surface area contributed by atoms with Gasteiger partial charge in [0.1, 0.15) is 0 Å². The monoisotopic (exact) mass is 243 g/mol. The third-order valence-electron chi connectivity index (χ3n) is 3.06. The molecule has 0 aliphatic heterocycles. The van der Waals surface area contributed by atoms with Gasteiger partial charge < -0.3 is 15.5 Å². The second-order valence-electron chi connectivity index (χ2n) is 4.27. The molecule has 6 nitrogen and oxygen atoms in total. The van der Waals surface area contributed by atoms with E-state index in [4.69, 9.17) is 10.2 Å². The zero-order valence-corrected chi connectivity index (χ0v) is 9.52. The molecule has 2 atom stereocenters. The summed E-state index contributed by atoms with van der Waals surface area (Å²) < 4.78 is 0. The summed E-state index contributed by atoms with van der Waals surface area (Å²) >= 11 is 0. The molecule has 1 amide bonds. The number of nitrogens with one attached hydrogen (secondary N) is 1. The molecule has 0 heterocycles. The lowest BCUT2D eigenvalue weighted by atomic mass is 9.79. The van der Waals surface area contributed by atoms with Crippen LogP contribution in [0.25, 0.3) is 0 Å². The standard InChI is InChI=1S/C11H17NO5/c13-9(14)5-6-12-10(15)7-3-1-2-4-8(7)11(16)17/h7-8H,1-6H2,(H,12,15)(H,13,14)(H,16,17)/t7-,8+/m1/s1. The van der Waals surface area contributed by atoms with Crippen LogP contribution >= 0.6 is 0 Å². The molecule has 0 unspecified atom stereocenters. The van der Waals surface area contributed by atoms with E-state index in [1.54, 1.807) is 0 Å². The van der Waals surface area contributed by atoms with E-state index in [-0.39, 0.29) is 18.9 Å². The molecular weight excluding hydrogens is 226 g/mol. The maximum Gasteiger partial charge on any atom is 0.307 e. The molecule has 0 aromatic carbocycles. The molecule has 0 saturated heterocycles. The van der Waals surface area contributed by atoms with Crippen LogP contribution in [0.2, 0.25) is 0 Å². The minimum atomic E-state index is -0.983. The molecule has 1 aliphatic carbocycles. The summed E-state index contributed by atoms with van der Waals surface area (Å²) in [6.07, 6.45) is 2.62. The highest BCUT2D eigenvalue weighted by molar-refractivity contribution is 5.85. The van der Waals surface area contributed by atoms with Gasteiger partial charge in [0, 0.05) is 6.54 Å². The Hall–Kier alpha value is -1.59. The van der Waals surface area contributed by atoms with Crippen molar-refractivity contribution in [1.29, 1.82) is 0 Å². The van der Waals surface area contributed by atoms with Gasteiger partial charge in [0.2, 0.25) is 5.91 Å². The van der Waals surface area contributed by atoms with Gasteiger partial charge in [-0.05, 0) is 12.8 Å². The van der Waals surface area contributed by atoms with Gasteiger partial charge in [-0.1, -0.05) is 12.8 Å². The minimum absolute atomic E-state index is 0.0526. The summed E-state index contributed by atoms with van der Waals surface area (Å²) in [5, 5.41) is 19.9. The van der Waals surface area contributed by atoms with E-state index in [0.29, 0.717) is 12.8 Å². The Bertz CT molecular complexity index is 315. The van der Waals surface area contributed by atoms with Crippen molar-refractivity contribution in [2.75, 3.05) is 6.54 Å². The highest BCUT2D eigenvalue weighted by Gasteiger charge is 2.35. The molecule has 0 bridgehead atoms. The fraction of sp³-hybridized carbons (Fsp3) is 0.727. The second-order valence-corrected chi connectivity index (χ2v) is 4.27. The van der Waals surface area contributed by atoms with Crippen molar-refractivity contribution in [3.8, 4) is 0 Å². The molecule has 1 saturated carbocycles. The van der Waals surface area contributed by atoms with Crippen LogP contribution in [-0.4, -0.2) is 34.6 Å². The number of carboxylic acid groups (broad SMARTS) is 2. The fourth-order valence-electron chi connectivity index (χ4n) is 2.16. The number of carbonyl (C=O) groups is 3. The van der Waals surface area contributed by atoms with Crippen molar-refractivity contribution in [2.24, 2.45) is 11.8 Å². The Morgan fingerprint density at radius 1 is 1.06 bits per heavy atom. The molecule has 3 N–H and O–H groups in total. The van der Waals surface area contributed by atoms with Gasteiger partial charge >= 0.3 is 11.9 Å². The molecule has 0 aromatic rings. The molecule has 17 heavy (non-hydrogen) atoms. The van der Waals surface area contributed by atoms with Crippen molar-refractivity contribution < 1.29 is 24.6 Å². The van der Waals surface area contributed by atoms with E-state index in [9.17, 15) is 14.4 Å². The first-order valence-electron chi connectivity index (χ1n) is 5.74. The van der Waals surface area contributed by atoms with Crippen molar-refractivity contribution in [1.82, 2.24) is 5.32 Å². The van der Waals surface area contributed by atoms with Crippen molar-refractivity contribution in [3.05, 3.63) is 0 Å². The van der Waals surface area contributed by atoms with Crippen molar-refractivity contribution in [2.45, 2.75) is 32.1 Å². The largest absolute Gasteiger partial charge is 0.481 e. The summed E-state index contributed by atoms with van der Waals surface area (Å²) in [5.41, 5.74) is 0. The summed E-state index contributed by atoms with van der Waals surface area (Å²) in [4.78, 5) is 33.0. The highest BCUT2D eigenvalue weighted by Crippen LogP contribution is 2.30. The van der Waals surface area contributed by atoms with Crippen LogP contribution in [0.15, 0.2) is 0 Å². The fourth-order valence-corrected chi connectivity index (χ4v) is 2.16. The molecule has 96 valence electrons. The highest BCUT2D eigenvalue weighted by atomic mass is 16.4. The Labute approximate surface area is 99.0 Å². The van der Waals surface area contributed by atoms with Crippen LogP contribution in [0.1, 0.15) is 32.1 Å². The summed E-state index contributed by atoms with van der Waals surface area (Å²) in [7, 11) is 0. The number of rotatable bonds is 5. The van der Waals surface area contributed by atoms with Crippen LogP contribution < -0.4 is 5.32 Å². The van der Waals surface area contributed by atoms with Crippen molar-refractivity contribution >= 4 is 17.8 Å². The van der Waals surface area contributed by atoms with Crippen LogP contribution in [0, 0.1) is 11.8 Å². The van der Waals surface area contributed by atoms with Gasteiger partial charge in [0.25, 0.3) is 0 Å². The van der Waals surface area contributed by atoms with Gasteiger partial charge in [-0.3, -0.25) is 14.4 Å². The lowest BCUT2D eigenvalue weighted by Crippen LogP contribution is -2.40. The van der Waals surface area contributed by atoms with Crippen molar-refractivity contribution in [3.63, 3.8) is 0 Å². The molecule has 6 heteroatoms. The van der Waals surface area contributed by atoms with Gasteiger partial charge in [-0.15, -0.1) is 0 Å². The number of hydrogen-bond acceptors (Lipinski definition) is 3. The number of carboxylic acids is 2. The normalized spacial score (nSPS) is 24.0. The van der Waals surface area contributed by atoms with E-state index >= 15 is 0 Å². The van der Waals surface area contributed by atoms with Crippen LogP contribution in [0.3, 0.4) is 0 Å². The molecule has 0 spiro atoms. The van der Waals surface area contributed by atoms with E-state index in [2.05, 4.69) is 5.32 Å².